The Kier molecular flexibility index (Phi) is 6.28. The van der Waals surface area contributed by atoms with Crippen molar-refractivity contribution in [3.63, 3.8) is 0 Å². The number of carboxylic acids is 1. The van der Waals surface area contributed by atoms with Crippen molar-refractivity contribution in [1.29, 1.82) is 0 Å². The lowest BCUT2D eigenvalue weighted by Crippen LogP contribution is -2.62. The minimum atomic E-state index is -0.767. The maximum atomic E-state index is 11.7. The predicted octanol–water partition coefficient (Wildman–Crippen LogP) is 4.08. The van der Waals surface area contributed by atoms with Crippen LogP contribution in [0.4, 0.5) is 0 Å². The van der Waals surface area contributed by atoms with Crippen LogP contribution in [0.25, 0.3) is 0 Å². The number of aliphatic hydroxyl groups excluding tert-OH is 3. The molecule has 4 N–H and O–H groups in total. The Bertz CT molecular complexity index is 681. The van der Waals surface area contributed by atoms with Gasteiger partial charge in [-0.25, -0.2) is 0 Å². The van der Waals surface area contributed by atoms with Crippen LogP contribution >= 0.6 is 0 Å². The first-order chi connectivity index (χ1) is 14.5. The van der Waals surface area contributed by atoms with E-state index in [4.69, 9.17) is 5.11 Å². The SMILES string of the molecule is CC[C@H]1[C@@H](O)C2C(CC[C@@]3(C)C2C[C@H](O)[C@@H]3[C@H](C)CCC(=O)O)C2(C)CC[C@@H](O)C[C@@H]12. The van der Waals surface area contributed by atoms with Gasteiger partial charge in [0.15, 0.2) is 0 Å². The van der Waals surface area contributed by atoms with Gasteiger partial charge in [0, 0.05) is 6.42 Å². The van der Waals surface area contributed by atoms with Crippen LogP contribution in [0.2, 0.25) is 0 Å². The molecule has 31 heavy (non-hydrogen) atoms. The maximum absolute atomic E-state index is 11.7. The lowest BCUT2D eigenvalue weighted by Gasteiger charge is -2.64. The van der Waals surface area contributed by atoms with Gasteiger partial charge in [-0.3, -0.25) is 4.79 Å². The highest BCUT2D eigenvalue weighted by Gasteiger charge is 2.66. The van der Waals surface area contributed by atoms with E-state index in [-0.39, 0.29) is 59.0 Å². The third kappa shape index (κ3) is 3.58. The fraction of sp³-hybridized carbons (Fsp3) is 0.962. The molecule has 5 nitrogen and oxygen atoms in total. The van der Waals surface area contributed by atoms with Crippen LogP contribution < -0.4 is 0 Å². The van der Waals surface area contributed by atoms with E-state index < -0.39 is 12.1 Å². The number of hydrogen-bond donors (Lipinski definition) is 4. The second-order valence-electron chi connectivity index (χ2n) is 12.2. The van der Waals surface area contributed by atoms with Gasteiger partial charge in [0.1, 0.15) is 0 Å². The fourth-order valence-electron chi connectivity index (χ4n) is 9.57. The van der Waals surface area contributed by atoms with E-state index in [1.807, 2.05) is 0 Å². The molecule has 0 bridgehead atoms. The van der Waals surface area contributed by atoms with Crippen LogP contribution in [0.3, 0.4) is 0 Å². The lowest BCUT2D eigenvalue weighted by molar-refractivity contribution is -0.203. The lowest BCUT2D eigenvalue weighted by atomic mass is 9.41. The van der Waals surface area contributed by atoms with Gasteiger partial charge in [-0.05, 0) is 97.2 Å². The van der Waals surface area contributed by atoms with E-state index in [1.165, 1.54) is 0 Å². The summed E-state index contributed by atoms with van der Waals surface area (Å²) in [4.78, 5) is 11.1. The third-order valence-corrected chi connectivity index (χ3v) is 10.9. The first kappa shape index (κ1) is 23.5. The number of aliphatic carboxylic acids is 1. The molecule has 4 aliphatic rings. The van der Waals surface area contributed by atoms with Gasteiger partial charge in [-0.15, -0.1) is 0 Å². The van der Waals surface area contributed by atoms with Crippen molar-refractivity contribution in [2.45, 2.75) is 104 Å². The van der Waals surface area contributed by atoms with Gasteiger partial charge in [-0.2, -0.15) is 0 Å². The predicted molar refractivity (Wildman–Crippen MR) is 119 cm³/mol. The number of rotatable bonds is 5. The molecule has 178 valence electrons. The van der Waals surface area contributed by atoms with Crippen molar-refractivity contribution in [2.75, 3.05) is 0 Å². The van der Waals surface area contributed by atoms with Gasteiger partial charge in [-0.1, -0.05) is 34.1 Å². The third-order valence-electron chi connectivity index (χ3n) is 10.9. The molecular weight excluding hydrogens is 392 g/mol. The Morgan fingerprint density at radius 3 is 2.32 bits per heavy atom. The normalized spacial score (nSPS) is 52.7. The summed E-state index contributed by atoms with van der Waals surface area (Å²) in [5.41, 5.74) is 0.109. The Morgan fingerprint density at radius 1 is 1.00 bits per heavy atom. The summed E-state index contributed by atoms with van der Waals surface area (Å²) < 4.78 is 0. The first-order valence-electron chi connectivity index (χ1n) is 12.8. The quantitative estimate of drug-likeness (QED) is 0.520. The van der Waals surface area contributed by atoms with Crippen molar-refractivity contribution < 1.29 is 25.2 Å². The minimum absolute atomic E-state index is 0.0465. The molecule has 0 aromatic heterocycles. The molecule has 0 aromatic rings. The van der Waals surface area contributed by atoms with Gasteiger partial charge < -0.3 is 20.4 Å². The van der Waals surface area contributed by atoms with Crippen LogP contribution in [0.1, 0.15) is 85.5 Å². The summed E-state index contributed by atoms with van der Waals surface area (Å²) in [5, 5.41) is 42.5. The smallest absolute Gasteiger partial charge is 0.303 e. The summed E-state index contributed by atoms with van der Waals surface area (Å²) in [6.07, 6.45) is 6.23. The maximum Gasteiger partial charge on any atom is 0.303 e. The van der Waals surface area contributed by atoms with Crippen molar-refractivity contribution in [2.24, 2.45) is 52.3 Å². The minimum Gasteiger partial charge on any atom is -0.481 e. The molecule has 12 atom stereocenters. The Labute approximate surface area is 187 Å². The Morgan fingerprint density at radius 2 is 1.68 bits per heavy atom. The molecule has 4 aliphatic carbocycles. The summed E-state index contributed by atoms with van der Waals surface area (Å²) in [6.45, 7) is 9.04. The number of hydrogen-bond acceptors (Lipinski definition) is 4. The zero-order valence-electron chi connectivity index (χ0n) is 19.8. The topological polar surface area (TPSA) is 98.0 Å². The van der Waals surface area contributed by atoms with E-state index in [0.717, 1.165) is 44.9 Å². The molecule has 5 heteroatoms. The number of carboxylic acid groups (broad SMARTS) is 1. The summed E-state index contributed by atoms with van der Waals surface area (Å²) in [5.74, 6) is 1.01. The largest absolute Gasteiger partial charge is 0.481 e. The zero-order valence-corrected chi connectivity index (χ0v) is 19.8. The van der Waals surface area contributed by atoms with Crippen molar-refractivity contribution >= 4 is 5.97 Å². The number of aliphatic hydroxyl groups is 3. The molecule has 0 radical (unpaired) electrons. The molecular formula is C26H44O5. The van der Waals surface area contributed by atoms with E-state index in [0.29, 0.717) is 18.3 Å². The highest BCUT2D eigenvalue weighted by molar-refractivity contribution is 5.66. The van der Waals surface area contributed by atoms with Gasteiger partial charge in [0.05, 0.1) is 18.3 Å². The first-order valence-corrected chi connectivity index (χ1v) is 12.8. The number of carbonyl (C=O) groups is 1. The Balaban J connectivity index is 1.65. The second kappa shape index (κ2) is 8.29. The molecule has 0 aliphatic heterocycles. The molecule has 4 fully saturated rings. The molecule has 0 saturated heterocycles. The average Bonchev–Trinajstić information content (AvgIpc) is 2.98. The molecule has 4 saturated carbocycles. The van der Waals surface area contributed by atoms with Gasteiger partial charge in [0.2, 0.25) is 0 Å². The van der Waals surface area contributed by atoms with Crippen molar-refractivity contribution in [3.8, 4) is 0 Å². The highest BCUT2D eigenvalue weighted by atomic mass is 16.4. The summed E-state index contributed by atoms with van der Waals surface area (Å²) in [6, 6.07) is 0. The van der Waals surface area contributed by atoms with Crippen molar-refractivity contribution in [1.82, 2.24) is 0 Å². The standard InChI is InChI=1S/C26H44O5/c1-5-16-18-12-15(27)8-10-25(18,3)17-9-11-26(4)19(22(17)24(16)31)13-20(28)23(26)14(2)6-7-21(29)30/h14-20,22-24,27-28,31H,5-13H2,1-4H3,(H,29,30)/t14-,15-,16-,17?,18+,19?,20+,22?,23+,24-,25?,26+/m1/s1. The molecule has 0 heterocycles. The summed E-state index contributed by atoms with van der Waals surface area (Å²) in [7, 11) is 0. The van der Waals surface area contributed by atoms with Gasteiger partial charge >= 0.3 is 5.97 Å². The van der Waals surface area contributed by atoms with Crippen LogP contribution in [0.15, 0.2) is 0 Å². The summed E-state index contributed by atoms with van der Waals surface area (Å²) >= 11 is 0. The monoisotopic (exact) mass is 436 g/mol. The van der Waals surface area contributed by atoms with E-state index in [2.05, 4.69) is 27.7 Å². The van der Waals surface area contributed by atoms with Crippen LogP contribution in [0.5, 0.6) is 0 Å². The van der Waals surface area contributed by atoms with E-state index >= 15 is 0 Å². The van der Waals surface area contributed by atoms with Crippen LogP contribution in [-0.2, 0) is 4.79 Å². The van der Waals surface area contributed by atoms with Crippen molar-refractivity contribution in [3.05, 3.63) is 0 Å². The fourth-order valence-corrected chi connectivity index (χ4v) is 9.57. The Hall–Kier alpha value is -0.650. The molecule has 0 amide bonds. The van der Waals surface area contributed by atoms with Gasteiger partial charge in [0.25, 0.3) is 0 Å². The molecule has 0 aromatic carbocycles. The molecule has 0 spiro atoms. The molecule has 4 rings (SSSR count). The van der Waals surface area contributed by atoms with Crippen LogP contribution in [-0.4, -0.2) is 44.7 Å². The van der Waals surface area contributed by atoms with Crippen LogP contribution in [0, 0.1) is 52.3 Å². The number of fused-ring (bicyclic) bond motifs is 5. The molecule has 4 unspecified atom stereocenters. The zero-order chi connectivity index (χ0) is 22.7. The van der Waals surface area contributed by atoms with E-state index in [1.54, 1.807) is 0 Å². The highest BCUT2D eigenvalue weighted by Crippen LogP contribution is 2.69. The van der Waals surface area contributed by atoms with E-state index in [9.17, 15) is 20.1 Å². The second-order valence-corrected chi connectivity index (χ2v) is 12.2. The average molecular weight is 437 g/mol.